The molecule has 0 aliphatic heterocycles. The number of hydrogen-bond acceptors (Lipinski definition) is 5. The number of carbonyl (C=O) groups excluding carboxylic acids is 1. The Balaban J connectivity index is 1.95. The van der Waals surface area contributed by atoms with Gasteiger partial charge in [-0.1, -0.05) is 43.3 Å². The molecular formula is C23H28N4O2S. The molecule has 2 aromatic carbocycles. The Kier molecular flexibility index (Phi) is 7.15. The molecule has 3 aromatic rings. The molecule has 7 heteroatoms. The first-order valence-corrected chi connectivity index (χ1v) is 10.9. The third-order valence-electron chi connectivity index (χ3n) is 4.61. The number of thioether (sulfide) groups is 1. The highest BCUT2D eigenvalue weighted by Gasteiger charge is 2.22. The molecule has 0 fully saturated rings. The van der Waals surface area contributed by atoms with Crippen molar-refractivity contribution in [2.24, 2.45) is 5.92 Å². The van der Waals surface area contributed by atoms with E-state index >= 15 is 0 Å². The zero-order chi connectivity index (χ0) is 21.7. The molecule has 6 nitrogen and oxygen atoms in total. The average molecular weight is 425 g/mol. The van der Waals surface area contributed by atoms with Crippen molar-refractivity contribution in [3.63, 3.8) is 0 Å². The van der Waals surface area contributed by atoms with Gasteiger partial charge in [0.15, 0.2) is 11.0 Å². The lowest BCUT2D eigenvalue weighted by atomic mass is 10.2. The Morgan fingerprint density at radius 3 is 2.33 bits per heavy atom. The number of amides is 1. The third-order valence-corrected chi connectivity index (χ3v) is 5.65. The molecule has 1 amide bonds. The van der Waals surface area contributed by atoms with Crippen molar-refractivity contribution in [2.75, 3.05) is 13.7 Å². The van der Waals surface area contributed by atoms with Crippen molar-refractivity contribution >= 4 is 17.7 Å². The molecule has 1 aromatic heterocycles. The van der Waals surface area contributed by atoms with Gasteiger partial charge < -0.3 is 10.1 Å². The van der Waals surface area contributed by atoms with E-state index in [1.54, 1.807) is 7.11 Å². The first-order valence-electron chi connectivity index (χ1n) is 10.00. The Hall–Kier alpha value is -2.80. The van der Waals surface area contributed by atoms with Crippen LogP contribution in [0.3, 0.4) is 0 Å². The lowest BCUT2D eigenvalue weighted by Gasteiger charge is -2.15. The highest BCUT2D eigenvalue weighted by molar-refractivity contribution is 8.00. The molecular weight excluding hydrogens is 396 g/mol. The maximum atomic E-state index is 12.5. The number of nitrogens with one attached hydrogen (secondary N) is 1. The van der Waals surface area contributed by atoms with Crippen LogP contribution in [0.2, 0.25) is 0 Å². The van der Waals surface area contributed by atoms with Crippen molar-refractivity contribution < 1.29 is 9.53 Å². The second-order valence-corrected chi connectivity index (χ2v) is 8.91. The van der Waals surface area contributed by atoms with Gasteiger partial charge in [0.2, 0.25) is 5.91 Å². The van der Waals surface area contributed by atoms with Crippen LogP contribution in [0.5, 0.6) is 5.75 Å². The second-order valence-electron chi connectivity index (χ2n) is 7.60. The Labute approximate surface area is 182 Å². The molecule has 3 rings (SSSR count). The molecule has 0 saturated carbocycles. The lowest BCUT2D eigenvalue weighted by Crippen LogP contribution is -2.33. The predicted octanol–water partition coefficient (Wildman–Crippen LogP) is 4.50. The summed E-state index contributed by atoms with van der Waals surface area (Å²) >= 11 is 1.40. The first kappa shape index (κ1) is 21.9. The van der Waals surface area contributed by atoms with E-state index in [2.05, 4.69) is 48.4 Å². The molecule has 0 aliphatic carbocycles. The Morgan fingerprint density at radius 2 is 1.73 bits per heavy atom. The second kappa shape index (κ2) is 9.80. The minimum absolute atomic E-state index is 0.00171. The van der Waals surface area contributed by atoms with Crippen molar-refractivity contribution in [1.29, 1.82) is 0 Å². The third kappa shape index (κ3) is 5.21. The summed E-state index contributed by atoms with van der Waals surface area (Å²) in [6.45, 7) is 8.75. The molecule has 1 unspecified atom stereocenters. The quantitative estimate of drug-likeness (QED) is 0.539. The van der Waals surface area contributed by atoms with E-state index in [0.717, 1.165) is 22.8 Å². The summed E-state index contributed by atoms with van der Waals surface area (Å²) in [5.41, 5.74) is 3.05. The minimum atomic E-state index is -0.291. The van der Waals surface area contributed by atoms with Crippen LogP contribution in [0.15, 0.2) is 53.7 Å². The number of methoxy groups -OCH3 is 1. The van der Waals surface area contributed by atoms with Gasteiger partial charge in [-0.15, -0.1) is 10.2 Å². The number of aryl methyl sites for hydroxylation is 1. The summed E-state index contributed by atoms with van der Waals surface area (Å²) < 4.78 is 7.26. The van der Waals surface area contributed by atoms with Crippen molar-refractivity contribution in [3.8, 4) is 22.8 Å². The van der Waals surface area contributed by atoms with E-state index < -0.39 is 0 Å². The van der Waals surface area contributed by atoms with Gasteiger partial charge in [-0.2, -0.15) is 0 Å². The fourth-order valence-electron chi connectivity index (χ4n) is 2.86. The van der Waals surface area contributed by atoms with Crippen LogP contribution < -0.4 is 10.1 Å². The molecule has 158 valence electrons. The van der Waals surface area contributed by atoms with E-state index in [-0.39, 0.29) is 11.2 Å². The van der Waals surface area contributed by atoms with E-state index in [1.165, 1.54) is 17.3 Å². The molecule has 0 bridgehead atoms. The van der Waals surface area contributed by atoms with Crippen LogP contribution >= 0.6 is 11.8 Å². The Bertz CT molecular complexity index is 981. The molecule has 0 aliphatic rings. The lowest BCUT2D eigenvalue weighted by molar-refractivity contribution is -0.120. The summed E-state index contributed by atoms with van der Waals surface area (Å²) in [5.74, 6) is 1.91. The van der Waals surface area contributed by atoms with E-state index in [9.17, 15) is 4.79 Å². The molecule has 0 spiro atoms. The van der Waals surface area contributed by atoms with E-state index in [0.29, 0.717) is 17.6 Å². The highest BCUT2D eigenvalue weighted by Crippen LogP contribution is 2.31. The predicted molar refractivity (Wildman–Crippen MR) is 121 cm³/mol. The van der Waals surface area contributed by atoms with Gasteiger partial charge in [-0.25, -0.2) is 0 Å². The van der Waals surface area contributed by atoms with Gasteiger partial charge in [-0.3, -0.25) is 9.36 Å². The highest BCUT2D eigenvalue weighted by atomic mass is 32.2. The molecule has 30 heavy (non-hydrogen) atoms. The van der Waals surface area contributed by atoms with Gasteiger partial charge in [0.25, 0.3) is 0 Å². The first-order chi connectivity index (χ1) is 14.4. The fourth-order valence-corrected chi connectivity index (χ4v) is 3.75. The van der Waals surface area contributed by atoms with Gasteiger partial charge in [0, 0.05) is 17.8 Å². The summed E-state index contributed by atoms with van der Waals surface area (Å²) in [4.78, 5) is 12.5. The largest absolute Gasteiger partial charge is 0.497 e. The number of ether oxygens (including phenoxy) is 1. The van der Waals surface area contributed by atoms with Crippen molar-refractivity contribution in [3.05, 3.63) is 54.1 Å². The number of aromatic nitrogens is 3. The SMILES string of the molecule is COc1ccc(-c2nnc(SC(C)C(=O)NCC(C)C)n2-c2ccc(C)cc2)cc1. The minimum Gasteiger partial charge on any atom is -0.497 e. The van der Waals surface area contributed by atoms with Gasteiger partial charge >= 0.3 is 0 Å². The van der Waals surface area contributed by atoms with Crippen LogP contribution in [0.1, 0.15) is 26.3 Å². The zero-order valence-electron chi connectivity index (χ0n) is 18.0. The van der Waals surface area contributed by atoms with Crippen LogP contribution in [-0.4, -0.2) is 39.6 Å². The standard InChI is InChI=1S/C23H28N4O2S/c1-15(2)14-24-22(28)17(4)30-23-26-25-21(18-8-12-20(29-5)13-9-18)27(23)19-10-6-16(3)7-11-19/h6-13,15,17H,14H2,1-5H3,(H,24,28). The van der Waals surface area contributed by atoms with E-state index in [4.69, 9.17) is 4.74 Å². The molecule has 0 saturated heterocycles. The average Bonchev–Trinajstić information content (AvgIpc) is 3.16. The number of hydrogen-bond donors (Lipinski definition) is 1. The fraction of sp³-hybridized carbons (Fsp3) is 0.348. The summed E-state index contributed by atoms with van der Waals surface area (Å²) in [7, 11) is 1.64. The normalized spacial score (nSPS) is 12.1. The van der Waals surface area contributed by atoms with Crippen molar-refractivity contribution in [1.82, 2.24) is 20.1 Å². The van der Waals surface area contributed by atoms with Crippen LogP contribution in [0.25, 0.3) is 17.1 Å². The van der Waals surface area contributed by atoms with Crippen molar-refractivity contribution in [2.45, 2.75) is 38.1 Å². The van der Waals surface area contributed by atoms with Crippen LogP contribution in [0, 0.1) is 12.8 Å². The number of carbonyl (C=O) groups is 1. The topological polar surface area (TPSA) is 69.0 Å². The van der Waals surface area contributed by atoms with Gasteiger partial charge in [0.05, 0.1) is 12.4 Å². The molecule has 1 atom stereocenters. The summed E-state index contributed by atoms with van der Waals surface area (Å²) in [6.07, 6.45) is 0. The summed E-state index contributed by atoms with van der Waals surface area (Å²) in [6, 6.07) is 15.9. The molecule has 1 N–H and O–H groups in total. The number of rotatable bonds is 8. The van der Waals surface area contributed by atoms with Gasteiger partial charge in [0.1, 0.15) is 5.75 Å². The van der Waals surface area contributed by atoms with Crippen LogP contribution in [-0.2, 0) is 4.79 Å². The summed E-state index contributed by atoms with van der Waals surface area (Å²) in [5, 5.41) is 12.2. The molecule has 0 radical (unpaired) electrons. The maximum absolute atomic E-state index is 12.5. The zero-order valence-corrected chi connectivity index (χ0v) is 18.9. The van der Waals surface area contributed by atoms with E-state index in [1.807, 2.05) is 47.9 Å². The molecule has 1 heterocycles. The van der Waals surface area contributed by atoms with Gasteiger partial charge in [-0.05, 0) is 56.2 Å². The Morgan fingerprint density at radius 1 is 1.07 bits per heavy atom. The number of nitrogens with zero attached hydrogens (tertiary/aromatic N) is 3. The monoisotopic (exact) mass is 424 g/mol. The van der Waals surface area contributed by atoms with Crippen LogP contribution in [0.4, 0.5) is 0 Å². The maximum Gasteiger partial charge on any atom is 0.233 e. The number of benzene rings is 2. The smallest absolute Gasteiger partial charge is 0.233 e.